The van der Waals surface area contributed by atoms with E-state index in [1.165, 1.54) is 0 Å². The van der Waals surface area contributed by atoms with Gasteiger partial charge in [0.25, 0.3) is 0 Å². The smallest absolute Gasteiger partial charge is 0.148 e. The molecule has 4 rings (SSSR count). The van der Waals surface area contributed by atoms with Gasteiger partial charge in [-0.05, 0) is 23.8 Å². The molecule has 0 radical (unpaired) electrons. The van der Waals surface area contributed by atoms with E-state index in [0.29, 0.717) is 0 Å². The number of morpholine rings is 1. The number of nitrogens with zero attached hydrogens (tertiary/aromatic N) is 3. The normalized spacial score (nSPS) is 15.1. The highest BCUT2D eigenvalue weighted by molar-refractivity contribution is 6.33. The molecule has 2 heterocycles. The lowest BCUT2D eigenvalue weighted by molar-refractivity contribution is 0.122. The summed E-state index contributed by atoms with van der Waals surface area (Å²) in [6, 6.07) is 13.9. The molecule has 1 aliphatic heterocycles. The van der Waals surface area contributed by atoms with Crippen LogP contribution in [0.25, 0.3) is 22.2 Å². The van der Waals surface area contributed by atoms with Gasteiger partial charge in [0.2, 0.25) is 0 Å². The van der Waals surface area contributed by atoms with Crippen molar-refractivity contribution < 1.29 is 4.74 Å². The van der Waals surface area contributed by atoms with Crippen LogP contribution in [0.5, 0.6) is 0 Å². The van der Waals surface area contributed by atoms with Crippen LogP contribution >= 0.6 is 11.6 Å². The second kappa shape index (κ2) is 6.14. The summed E-state index contributed by atoms with van der Waals surface area (Å²) in [6.07, 6.45) is 1.84. The maximum Gasteiger partial charge on any atom is 0.148 e. The van der Waals surface area contributed by atoms with E-state index in [0.717, 1.165) is 59.3 Å². The first-order valence-electron chi connectivity index (χ1n) is 7.66. The largest absolute Gasteiger partial charge is 0.378 e. The predicted octanol–water partition coefficient (Wildman–Crippen LogP) is 3.79. The van der Waals surface area contributed by atoms with Crippen LogP contribution in [0.2, 0.25) is 5.02 Å². The SMILES string of the molecule is Clc1ccccc1-c1ccc2ncc(N3CCOCC3)nc2c1. The van der Waals surface area contributed by atoms with Crippen LogP contribution in [0.3, 0.4) is 0 Å². The van der Waals surface area contributed by atoms with Gasteiger partial charge in [-0.2, -0.15) is 0 Å². The monoisotopic (exact) mass is 325 g/mol. The van der Waals surface area contributed by atoms with Gasteiger partial charge in [0.05, 0.1) is 30.4 Å². The second-order valence-corrected chi connectivity index (χ2v) is 5.92. The molecule has 0 N–H and O–H groups in total. The van der Waals surface area contributed by atoms with E-state index >= 15 is 0 Å². The van der Waals surface area contributed by atoms with E-state index in [1.54, 1.807) is 0 Å². The van der Waals surface area contributed by atoms with Gasteiger partial charge < -0.3 is 9.64 Å². The lowest BCUT2D eigenvalue weighted by Gasteiger charge is -2.27. The molecule has 116 valence electrons. The van der Waals surface area contributed by atoms with E-state index in [1.807, 2.05) is 48.7 Å². The number of aromatic nitrogens is 2. The van der Waals surface area contributed by atoms with Crippen LogP contribution in [-0.2, 0) is 4.74 Å². The fourth-order valence-corrected chi connectivity index (χ4v) is 3.05. The molecule has 1 aromatic heterocycles. The Balaban J connectivity index is 1.76. The Bertz CT molecular complexity index is 847. The number of hydrogen-bond acceptors (Lipinski definition) is 4. The number of anilines is 1. The molecule has 0 unspecified atom stereocenters. The average molecular weight is 326 g/mol. The highest BCUT2D eigenvalue weighted by Crippen LogP contribution is 2.29. The molecule has 1 aliphatic rings. The molecule has 1 fully saturated rings. The summed E-state index contributed by atoms with van der Waals surface area (Å²) in [6.45, 7) is 3.17. The Morgan fingerprint density at radius 1 is 1.00 bits per heavy atom. The lowest BCUT2D eigenvalue weighted by atomic mass is 10.1. The average Bonchev–Trinajstić information content (AvgIpc) is 2.62. The van der Waals surface area contributed by atoms with Gasteiger partial charge in [-0.1, -0.05) is 35.9 Å². The van der Waals surface area contributed by atoms with Crippen LogP contribution in [0.1, 0.15) is 0 Å². The number of halogens is 1. The molecular weight excluding hydrogens is 310 g/mol. The van der Waals surface area contributed by atoms with Crippen molar-refractivity contribution >= 4 is 28.5 Å². The minimum absolute atomic E-state index is 0.735. The molecule has 2 aromatic carbocycles. The van der Waals surface area contributed by atoms with Gasteiger partial charge >= 0.3 is 0 Å². The van der Waals surface area contributed by atoms with E-state index in [4.69, 9.17) is 21.3 Å². The van der Waals surface area contributed by atoms with Gasteiger partial charge in [-0.25, -0.2) is 4.98 Å². The van der Waals surface area contributed by atoms with E-state index in [9.17, 15) is 0 Å². The van der Waals surface area contributed by atoms with Crippen molar-refractivity contribution in [3.05, 3.63) is 53.7 Å². The van der Waals surface area contributed by atoms with Crippen molar-refractivity contribution in [2.45, 2.75) is 0 Å². The van der Waals surface area contributed by atoms with Crippen LogP contribution in [0.4, 0.5) is 5.82 Å². The Hall–Kier alpha value is -2.17. The van der Waals surface area contributed by atoms with Crippen molar-refractivity contribution in [3.8, 4) is 11.1 Å². The topological polar surface area (TPSA) is 38.2 Å². The van der Waals surface area contributed by atoms with Gasteiger partial charge in [0, 0.05) is 23.7 Å². The van der Waals surface area contributed by atoms with Crippen molar-refractivity contribution in [3.63, 3.8) is 0 Å². The Kier molecular flexibility index (Phi) is 3.85. The molecule has 0 saturated carbocycles. The number of fused-ring (bicyclic) bond motifs is 1. The Morgan fingerprint density at radius 3 is 2.65 bits per heavy atom. The zero-order chi connectivity index (χ0) is 15.6. The van der Waals surface area contributed by atoms with Crippen LogP contribution in [0.15, 0.2) is 48.7 Å². The number of rotatable bonds is 2. The summed E-state index contributed by atoms with van der Waals surface area (Å²) < 4.78 is 5.39. The first-order chi connectivity index (χ1) is 11.3. The zero-order valence-electron chi connectivity index (χ0n) is 12.6. The van der Waals surface area contributed by atoms with Crippen LogP contribution in [-0.4, -0.2) is 36.3 Å². The molecule has 0 spiro atoms. The van der Waals surface area contributed by atoms with Crippen LogP contribution in [0, 0.1) is 0 Å². The minimum atomic E-state index is 0.735. The maximum absolute atomic E-state index is 6.30. The van der Waals surface area contributed by atoms with Crippen molar-refractivity contribution in [1.82, 2.24) is 9.97 Å². The predicted molar refractivity (Wildman–Crippen MR) is 93.0 cm³/mol. The third-order valence-electron chi connectivity index (χ3n) is 4.05. The molecule has 5 heteroatoms. The summed E-state index contributed by atoms with van der Waals surface area (Å²) >= 11 is 6.30. The highest BCUT2D eigenvalue weighted by Gasteiger charge is 2.13. The summed E-state index contributed by atoms with van der Waals surface area (Å²) in [4.78, 5) is 11.5. The molecule has 23 heavy (non-hydrogen) atoms. The first kappa shape index (κ1) is 14.4. The molecule has 0 amide bonds. The third kappa shape index (κ3) is 2.87. The summed E-state index contributed by atoms with van der Waals surface area (Å²) in [5.74, 6) is 0.900. The maximum atomic E-state index is 6.30. The fraction of sp³-hybridized carbons (Fsp3) is 0.222. The number of ether oxygens (including phenoxy) is 1. The summed E-state index contributed by atoms with van der Waals surface area (Å²) in [5, 5.41) is 0.740. The fourth-order valence-electron chi connectivity index (χ4n) is 2.81. The second-order valence-electron chi connectivity index (χ2n) is 5.51. The Morgan fingerprint density at radius 2 is 1.83 bits per heavy atom. The van der Waals surface area contributed by atoms with E-state index in [2.05, 4.69) is 9.88 Å². The molecule has 0 atom stereocenters. The van der Waals surface area contributed by atoms with Crippen molar-refractivity contribution in [2.75, 3.05) is 31.2 Å². The Labute approximate surface area is 139 Å². The third-order valence-corrected chi connectivity index (χ3v) is 4.38. The van der Waals surface area contributed by atoms with Gasteiger partial charge in [-0.3, -0.25) is 4.98 Å². The van der Waals surface area contributed by atoms with Crippen molar-refractivity contribution in [1.29, 1.82) is 0 Å². The summed E-state index contributed by atoms with van der Waals surface area (Å²) in [5.41, 5.74) is 3.83. The molecule has 3 aromatic rings. The molecule has 1 saturated heterocycles. The molecule has 4 nitrogen and oxygen atoms in total. The van der Waals surface area contributed by atoms with Gasteiger partial charge in [0.15, 0.2) is 0 Å². The molecular formula is C18H16ClN3O. The van der Waals surface area contributed by atoms with Crippen LogP contribution < -0.4 is 4.90 Å². The highest BCUT2D eigenvalue weighted by atomic mass is 35.5. The quantitative estimate of drug-likeness (QED) is 0.718. The summed E-state index contributed by atoms with van der Waals surface area (Å²) in [7, 11) is 0. The van der Waals surface area contributed by atoms with Gasteiger partial charge in [0.1, 0.15) is 5.82 Å². The minimum Gasteiger partial charge on any atom is -0.378 e. The van der Waals surface area contributed by atoms with E-state index < -0.39 is 0 Å². The standard InChI is InChI=1S/C18H16ClN3O/c19-15-4-2-1-3-14(15)13-5-6-16-17(11-13)21-18(12-20-16)22-7-9-23-10-8-22/h1-6,11-12H,7-10H2. The zero-order valence-corrected chi connectivity index (χ0v) is 13.3. The molecule has 0 aliphatic carbocycles. The molecule has 0 bridgehead atoms. The first-order valence-corrected chi connectivity index (χ1v) is 8.03. The van der Waals surface area contributed by atoms with E-state index in [-0.39, 0.29) is 0 Å². The van der Waals surface area contributed by atoms with Gasteiger partial charge in [-0.15, -0.1) is 0 Å². The number of hydrogen-bond donors (Lipinski definition) is 0. The lowest BCUT2D eigenvalue weighted by Crippen LogP contribution is -2.36. The number of benzene rings is 2. The van der Waals surface area contributed by atoms with Crippen molar-refractivity contribution in [2.24, 2.45) is 0 Å².